The summed E-state index contributed by atoms with van der Waals surface area (Å²) in [5, 5.41) is 2.01. The number of aryl methyl sites for hydroxylation is 1. The number of hydrogen-bond donors (Lipinski definition) is 1. The van der Waals surface area contributed by atoms with Crippen molar-refractivity contribution < 1.29 is 23.9 Å². The molecule has 1 aromatic rings. The van der Waals surface area contributed by atoms with E-state index in [0.29, 0.717) is 24.9 Å². The standard InChI is InChI=1S/C18H24N2O5/c1-14-4-6-15(7-5-14)18(23)25-12-16(24-3)8-10-20(2)11-9-17(22)19-13-21/h4-7,9,11,13,16H,8,10,12H2,1-3H3,(H,19,21,22)/b11-9-. The predicted molar refractivity (Wildman–Crippen MR) is 92.9 cm³/mol. The molecule has 25 heavy (non-hydrogen) atoms. The number of nitrogens with zero attached hydrogens (tertiary/aromatic N) is 1. The van der Waals surface area contributed by atoms with Crippen molar-refractivity contribution in [3.05, 3.63) is 47.7 Å². The van der Waals surface area contributed by atoms with E-state index < -0.39 is 5.91 Å². The van der Waals surface area contributed by atoms with Gasteiger partial charge in [-0.25, -0.2) is 4.79 Å². The van der Waals surface area contributed by atoms with Crippen molar-refractivity contribution >= 4 is 18.3 Å². The monoisotopic (exact) mass is 348 g/mol. The Balaban J connectivity index is 2.38. The Bertz CT molecular complexity index is 598. The number of benzene rings is 1. The SMILES string of the molecule is COC(CCN(C)/C=C\C(=O)NC=O)COC(=O)c1ccc(C)cc1. The third-order valence-electron chi connectivity index (χ3n) is 3.51. The molecule has 0 spiro atoms. The van der Waals surface area contributed by atoms with Gasteiger partial charge in [-0.05, 0) is 25.5 Å². The van der Waals surface area contributed by atoms with Crippen molar-refractivity contribution in [2.45, 2.75) is 19.4 Å². The number of amides is 2. The van der Waals surface area contributed by atoms with Gasteiger partial charge in [0.05, 0.1) is 11.7 Å². The lowest BCUT2D eigenvalue weighted by molar-refractivity contribution is -0.121. The summed E-state index contributed by atoms with van der Waals surface area (Å²) >= 11 is 0. The van der Waals surface area contributed by atoms with Gasteiger partial charge in [-0.1, -0.05) is 17.7 Å². The van der Waals surface area contributed by atoms with Gasteiger partial charge in [-0.15, -0.1) is 0 Å². The minimum absolute atomic E-state index is 0.145. The number of nitrogens with one attached hydrogen (secondary N) is 1. The number of carbonyl (C=O) groups is 3. The van der Waals surface area contributed by atoms with Gasteiger partial charge in [-0.2, -0.15) is 0 Å². The summed E-state index contributed by atoms with van der Waals surface area (Å²) in [6.45, 7) is 2.68. The minimum Gasteiger partial charge on any atom is -0.459 e. The summed E-state index contributed by atoms with van der Waals surface area (Å²) in [6, 6.07) is 7.16. The number of esters is 1. The average molecular weight is 348 g/mol. The molecule has 1 rings (SSSR count). The fourth-order valence-electron chi connectivity index (χ4n) is 1.93. The Morgan fingerprint density at radius 2 is 1.96 bits per heavy atom. The minimum atomic E-state index is -0.489. The zero-order valence-electron chi connectivity index (χ0n) is 14.7. The van der Waals surface area contributed by atoms with Crippen molar-refractivity contribution in [1.29, 1.82) is 0 Å². The predicted octanol–water partition coefficient (Wildman–Crippen LogP) is 1.28. The third kappa shape index (κ3) is 8.12. The molecule has 0 bridgehead atoms. The molecule has 0 heterocycles. The normalized spacial score (nSPS) is 11.8. The maximum Gasteiger partial charge on any atom is 0.338 e. The van der Waals surface area contributed by atoms with E-state index in [4.69, 9.17) is 9.47 Å². The van der Waals surface area contributed by atoms with Crippen LogP contribution < -0.4 is 5.32 Å². The maximum absolute atomic E-state index is 12.0. The number of ether oxygens (including phenoxy) is 2. The van der Waals surface area contributed by atoms with Crippen LogP contribution in [0, 0.1) is 6.92 Å². The first-order valence-corrected chi connectivity index (χ1v) is 7.85. The summed E-state index contributed by atoms with van der Waals surface area (Å²) in [5.41, 5.74) is 1.57. The van der Waals surface area contributed by atoms with Crippen LogP contribution in [0.5, 0.6) is 0 Å². The molecule has 0 aromatic heterocycles. The van der Waals surface area contributed by atoms with Gasteiger partial charge in [0, 0.05) is 33.0 Å². The van der Waals surface area contributed by atoms with Crippen LogP contribution >= 0.6 is 0 Å². The Morgan fingerprint density at radius 1 is 1.28 bits per heavy atom. The number of imide groups is 1. The molecule has 1 unspecified atom stereocenters. The molecule has 0 aliphatic rings. The average Bonchev–Trinajstić information content (AvgIpc) is 2.60. The molecular weight excluding hydrogens is 324 g/mol. The lowest BCUT2D eigenvalue weighted by atomic mass is 10.1. The first kappa shape index (κ1) is 20.4. The Kier molecular flexibility index (Phi) is 8.95. The summed E-state index contributed by atoms with van der Waals surface area (Å²) < 4.78 is 10.6. The van der Waals surface area contributed by atoms with Crippen LogP contribution in [0.25, 0.3) is 0 Å². The van der Waals surface area contributed by atoms with Crippen LogP contribution in [0.1, 0.15) is 22.3 Å². The molecule has 0 aliphatic heterocycles. The van der Waals surface area contributed by atoms with Gasteiger partial charge in [0.2, 0.25) is 6.41 Å². The van der Waals surface area contributed by atoms with E-state index in [1.807, 2.05) is 24.4 Å². The largest absolute Gasteiger partial charge is 0.459 e. The zero-order valence-corrected chi connectivity index (χ0v) is 14.7. The van der Waals surface area contributed by atoms with E-state index in [1.54, 1.807) is 37.4 Å². The van der Waals surface area contributed by atoms with Gasteiger partial charge in [0.25, 0.3) is 5.91 Å². The number of carbonyl (C=O) groups excluding carboxylic acids is 3. The molecule has 0 fully saturated rings. The molecule has 136 valence electrons. The highest BCUT2D eigenvalue weighted by Crippen LogP contribution is 2.07. The van der Waals surface area contributed by atoms with E-state index >= 15 is 0 Å². The van der Waals surface area contributed by atoms with E-state index in [0.717, 1.165) is 5.56 Å². The Labute approximate surface area is 147 Å². The molecule has 1 N–H and O–H groups in total. The topological polar surface area (TPSA) is 84.9 Å². The van der Waals surface area contributed by atoms with E-state index in [-0.39, 0.29) is 18.7 Å². The van der Waals surface area contributed by atoms with Crippen LogP contribution in [0.3, 0.4) is 0 Å². The van der Waals surface area contributed by atoms with Crippen LogP contribution in [0.2, 0.25) is 0 Å². The van der Waals surface area contributed by atoms with Crippen molar-refractivity contribution in [2.75, 3.05) is 27.3 Å². The number of rotatable bonds is 10. The van der Waals surface area contributed by atoms with Gasteiger partial charge in [-0.3, -0.25) is 14.9 Å². The van der Waals surface area contributed by atoms with Crippen molar-refractivity contribution in [3.63, 3.8) is 0 Å². The van der Waals surface area contributed by atoms with Crippen LogP contribution in [0.15, 0.2) is 36.5 Å². The Morgan fingerprint density at radius 3 is 2.56 bits per heavy atom. The molecule has 0 saturated heterocycles. The first-order chi connectivity index (χ1) is 12.0. The molecule has 1 atom stereocenters. The van der Waals surface area contributed by atoms with Gasteiger partial charge < -0.3 is 14.4 Å². The van der Waals surface area contributed by atoms with E-state index in [2.05, 4.69) is 0 Å². The highest BCUT2D eigenvalue weighted by atomic mass is 16.6. The number of hydrogen-bond acceptors (Lipinski definition) is 6. The third-order valence-corrected chi connectivity index (χ3v) is 3.51. The fraction of sp³-hybridized carbons (Fsp3) is 0.389. The van der Waals surface area contributed by atoms with E-state index in [1.165, 1.54) is 6.08 Å². The molecule has 7 nitrogen and oxygen atoms in total. The van der Waals surface area contributed by atoms with Crippen molar-refractivity contribution in [2.24, 2.45) is 0 Å². The zero-order chi connectivity index (χ0) is 18.7. The molecule has 0 radical (unpaired) electrons. The second-order valence-corrected chi connectivity index (χ2v) is 5.53. The highest BCUT2D eigenvalue weighted by molar-refractivity contribution is 5.94. The molecule has 7 heteroatoms. The second kappa shape index (κ2) is 11.0. The van der Waals surface area contributed by atoms with Gasteiger partial charge in [0.15, 0.2) is 0 Å². The molecule has 0 aliphatic carbocycles. The highest BCUT2D eigenvalue weighted by Gasteiger charge is 2.13. The van der Waals surface area contributed by atoms with Gasteiger partial charge >= 0.3 is 5.97 Å². The second-order valence-electron chi connectivity index (χ2n) is 5.53. The summed E-state index contributed by atoms with van der Waals surface area (Å²) in [7, 11) is 3.34. The summed E-state index contributed by atoms with van der Waals surface area (Å²) in [5.74, 6) is -0.877. The number of methoxy groups -OCH3 is 1. The summed E-state index contributed by atoms with van der Waals surface area (Å²) in [4.78, 5) is 35.0. The lowest BCUT2D eigenvalue weighted by Crippen LogP contribution is -2.26. The van der Waals surface area contributed by atoms with Gasteiger partial charge in [0.1, 0.15) is 6.61 Å². The summed E-state index contributed by atoms with van der Waals surface area (Å²) in [6.07, 6.45) is 3.50. The van der Waals surface area contributed by atoms with Crippen LogP contribution in [0.4, 0.5) is 0 Å². The first-order valence-electron chi connectivity index (χ1n) is 7.85. The smallest absolute Gasteiger partial charge is 0.338 e. The van der Waals surface area contributed by atoms with Crippen molar-refractivity contribution in [3.8, 4) is 0 Å². The Hall–Kier alpha value is -2.67. The molecular formula is C18H24N2O5. The molecule has 0 saturated carbocycles. The van der Waals surface area contributed by atoms with Crippen molar-refractivity contribution in [1.82, 2.24) is 10.2 Å². The van der Waals surface area contributed by atoms with Crippen LogP contribution in [-0.2, 0) is 19.1 Å². The fourth-order valence-corrected chi connectivity index (χ4v) is 1.93. The maximum atomic E-state index is 12.0. The molecule has 1 aromatic carbocycles. The lowest BCUT2D eigenvalue weighted by Gasteiger charge is -2.19. The van der Waals surface area contributed by atoms with Crippen LogP contribution in [-0.4, -0.2) is 56.6 Å². The molecule has 2 amide bonds. The quantitative estimate of drug-likeness (QED) is 0.389. The van der Waals surface area contributed by atoms with E-state index in [9.17, 15) is 14.4 Å².